The first-order valence-electron chi connectivity index (χ1n) is 7.28. The average molecular weight is 334 g/mol. The molecule has 0 aliphatic carbocycles. The first kappa shape index (κ1) is 17.3. The Balaban J connectivity index is 2.19. The van der Waals surface area contributed by atoms with E-state index in [-0.39, 0.29) is 6.04 Å². The van der Waals surface area contributed by atoms with Gasteiger partial charge in [-0.25, -0.2) is 0 Å². The van der Waals surface area contributed by atoms with E-state index in [2.05, 4.69) is 0 Å². The lowest BCUT2D eigenvalue weighted by molar-refractivity contribution is -0.141. The van der Waals surface area contributed by atoms with Crippen LogP contribution >= 0.6 is 11.6 Å². The van der Waals surface area contributed by atoms with E-state index in [0.717, 1.165) is 5.56 Å². The zero-order chi connectivity index (χ0) is 17.0. The average Bonchev–Trinajstić information content (AvgIpc) is 2.59. The predicted octanol–water partition coefficient (Wildman–Crippen LogP) is 3.60. The first-order valence-corrected chi connectivity index (χ1v) is 7.66. The van der Waals surface area contributed by atoms with Crippen LogP contribution in [-0.2, 0) is 4.79 Å². The quantitative estimate of drug-likeness (QED) is 0.909. The number of amides is 1. The molecule has 0 bridgehead atoms. The number of carbonyl (C=O) groups is 1. The maximum absolute atomic E-state index is 12.6. The lowest BCUT2D eigenvalue weighted by Crippen LogP contribution is -2.34. The third-order valence-electron chi connectivity index (χ3n) is 3.93. The summed E-state index contributed by atoms with van der Waals surface area (Å²) in [5, 5.41) is 11.0. The Hall–Kier alpha value is -2.04. The van der Waals surface area contributed by atoms with Crippen molar-refractivity contribution >= 4 is 17.5 Å². The normalized spacial score (nSPS) is 13.3. The van der Waals surface area contributed by atoms with Crippen molar-refractivity contribution in [1.82, 2.24) is 4.90 Å². The number of likely N-dealkylation sites (N-methyl/N-ethyl adjacent to an activating group) is 1. The molecule has 0 spiro atoms. The van der Waals surface area contributed by atoms with Gasteiger partial charge in [0.15, 0.2) is 6.10 Å². The van der Waals surface area contributed by atoms with Gasteiger partial charge in [-0.1, -0.05) is 41.9 Å². The minimum Gasteiger partial charge on any atom is -0.497 e. The Morgan fingerprint density at radius 2 is 1.91 bits per heavy atom. The van der Waals surface area contributed by atoms with Gasteiger partial charge >= 0.3 is 0 Å². The molecule has 0 fully saturated rings. The molecule has 0 aromatic heterocycles. The van der Waals surface area contributed by atoms with E-state index in [0.29, 0.717) is 16.3 Å². The van der Waals surface area contributed by atoms with Crippen molar-refractivity contribution in [3.05, 3.63) is 64.7 Å². The zero-order valence-corrected chi connectivity index (χ0v) is 14.1. The molecule has 0 heterocycles. The van der Waals surface area contributed by atoms with Gasteiger partial charge in [0.25, 0.3) is 5.91 Å². The third-order valence-corrected chi connectivity index (χ3v) is 4.27. The molecule has 1 amide bonds. The van der Waals surface area contributed by atoms with Crippen molar-refractivity contribution in [3.8, 4) is 5.75 Å². The highest BCUT2D eigenvalue weighted by Crippen LogP contribution is 2.29. The summed E-state index contributed by atoms with van der Waals surface area (Å²) in [5.74, 6) is 0.196. The van der Waals surface area contributed by atoms with E-state index in [1.54, 1.807) is 44.5 Å². The van der Waals surface area contributed by atoms with Gasteiger partial charge in [0.1, 0.15) is 5.75 Å². The van der Waals surface area contributed by atoms with Gasteiger partial charge in [-0.15, -0.1) is 0 Å². The Kier molecular flexibility index (Phi) is 5.64. The SMILES string of the molecule is COc1cccc(C(O)C(=O)N(C)C(C)c2ccccc2Cl)c1. The largest absolute Gasteiger partial charge is 0.497 e. The number of methoxy groups -OCH3 is 1. The predicted molar refractivity (Wildman–Crippen MR) is 90.6 cm³/mol. The number of benzene rings is 2. The van der Waals surface area contributed by atoms with E-state index >= 15 is 0 Å². The Bertz CT molecular complexity index is 689. The minimum absolute atomic E-state index is 0.253. The first-order chi connectivity index (χ1) is 11.0. The molecule has 0 aliphatic rings. The highest BCUT2D eigenvalue weighted by atomic mass is 35.5. The second kappa shape index (κ2) is 7.49. The van der Waals surface area contributed by atoms with Crippen molar-refractivity contribution in [2.24, 2.45) is 0 Å². The van der Waals surface area contributed by atoms with Crippen molar-refractivity contribution in [2.75, 3.05) is 14.2 Å². The van der Waals surface area contributed by atoms with Crippen LogP contribution in [0.3, 0.4) is 0 Å². The van der Waals surface area contributed by atoms with Crippen LogP contribution in [-0.4, -0.2) is 30.1 Å². The molecular weight excluding hydrogens is 314 g/mol. The van der Waals surface area contributed by atoms with Crippen LogP contribution in [0.25, 0.3) is 0 Å². The summed E-state index contributed by atoms with van der Waals surface area (Å²) >= 11 is 6.19. The smallest absolute Gasteiger partial charge is 0.256 e. The highest BCUT2D eigenvalue weighted by molar-refractivity contribution is 6.31. The van der Waals surface area contributed by atoms with E-state index in [4.69, 9.17) is 16.3 Å². The van der Waals surface area contributed by atoms with Crippen LogP contribution in [0.4, 0.5) is 0 Å². The van der Waals surface area contributed by atoms with Crippen molar-refractivity contribution < 1.29 is 14.6 Å². The van der Waals surface area contributed by atoms with E-state index in [1.165, 1.54) is 4.90 Å². The number of rotatable bonds is 5. The van der Waals surface area contributed by atoms with Gasteiger partial charge in [0, 0.05) is 12.1 Å². The standard InChI is InChI=1S/C18H20ClNO3/c1-12(15-9-4-5-10-16(15)19)20(2)18(22)17(21)13-7-6-8-14(11-13)23-3/h4-12,17,21H,1-3H3. The van der Waals surface area contributed by atoms with Crippen LogP contribution in [0.2, 0.25) is 5.02 Å². The number of aliphatic hydroxyl groups excluding tert-OH is 1. The summed E-state index contributed by atoms with van der Waals surface area (Å²) in [7, 11) is 3.19. The molecule has 0 saturated carbocycles. The minimum atomic E-state index is -1.25. The van der Waals surface area contributed by atoms with Gasteiger partial charge in [-0.2, -0.15) is 0 Å². The topological polar surface area (TPSA) is 49.8 Å². The van der Waals surface area contributed by atoms with Gasteiger partial charge in [0.05, 0.1) is 13.2 Å². The summed E-state index contributed by atoms with van der Waals surface area (Å²) in [6, 6.07) is 13.9. The Morgan fingerprint density at radius 3 is 2.57 bits per heavy atom. The molecule has 2 rings (SSSR count). The highest BCUT2D eigenvalue weighted by Gasteiger charge is 2.26. The number of carbonyl (C=O) groups excluding carboxylic acids is 1. The molecule has 4 nitrogen and oxygen atoms in total. The molecule has 122 valence electrons. The molecule has 5 heteroatoms. The lowest BCUT2D eigenvalue weighted by atomic mass is 10.0. The number of nitrogens with zero attached hydrogens (tertiary/aromatic N) is 1. The molecule has 2 unspecified atom stereocenters. The third kappa shape index (κ3) is 3.84. The maximum atomic E-state index is 12.6. The van der Waals surface area contributed by atoms with Crippen molar-refractivity contribution in [3.63, 3.8) is 0 Å². The molecule has 0 saturated heterocycles. The molecule has 0 radical (unpaired) electrons. The second-order valence-electron chi connectivity index (χ2n) is 5.33. The molecule has 2 aromatic rings. The number of aliphatic hydroxyl groups is 1. The molecule has 2 aromatic carbocycles. The number of hydrogen-bond acceptors (Lipinski definition) is 3. The van der Waals surface area contributed by atoms with Gasteiger partial charge in [-0.05, 0) is 36.2 Å². The van der Waals surface area contributed by atoms with Crippen LogP contribution < -0.4 is 4.74 Å². The lowest BCUT2D eigenvalue weighted by Gasteiger charge is -2.28. The Labute approximate surface area is 141 Å². The fraction of sp³-hybridized carbons (Fsp3) is 0.278. The van der Waals surface area contributed by atoms with E-state index < -0.39 is 12.0 Å². The number of hydrogen-bond donors (Lipinski definition) is 1. The summed E-state index contributed by atoms with van der Waals surface area (Å²) < 4.78 is 5.12. The van der Waals surface area contributed by atoms with E-state index in [9.17, 15) is 9.90 Å². The Morgan fingerprint density at radius 1 is 1.22 bits per heavy atom. The summed E-state index contributed by atoms with van der Waals surface area (Å²) in [5.41, 5.74) is 1.33. The van der Waals surface area contributed by atoms with Crippen molar-refractivity contribution in [2.45, 2.75) is 19.1 Å². The van der Waals surface area contributed by atoms with Gasteiger partial charge in [0.2, 0.25) is 0 Å². The van der Waals surface area contributed by atoms with Crippen LogP contribution in [0, 0.1) is 0 Å². The fourth-order valence-electron chi connectivity index (χ4n) is 2.36. The van der Waals surface area contributed by atoms with E-state index in [1.807, 2.05) is 25.1 Å². The summed E-state index contributed by atoms with van der Waals surface area (Å²) in [4.78, 5) is 14.1. The zero-order valence-electron chi connectivity index (χ0n) is 13.4. The van der Waals surface area contributed by atoms with Crippen molar-refractivity contribution in [1.29, 1.82) is 0 Å². The number of ether oxygens (including phenoxy) is 1. The molecular formula is C18H20ClNO3. The molecule has 2 atom stereocenters. The maximum Gasteiger partial charge on any atom is 0.256 e. The number of halogens is 1. The van der Waals surface area contributed by atoms with Crippen LogP contribution in [0.5, 0.6) is 5.75 Å². The molecule has 1 N–H and O–H groups in total. The van der Waals surface area contributed by atoms with Gasteiger partial charge in [-0.3, -0.25) is 4.79 Å². The van der Waals surface area contributed by atoms with Crippen LogP contribution in [0.1, 0.15) is 30.2 Å². The molecule has 0 aliphatic heterocycles. The summed E-state index contributed by atoms with van der Waals surface area (Å²) in [6.07, 6.45) is -1.25. The van der Waals surface area contributed by atoms with Crippen LogP contribution in [0.15, 0.2) is 48.5 Å². The fourth-order valence-corrected chi connectivity index (χ4v) is 2.65. The second-order valence-corrected chi connectivity index (χ2v) is 5.73. The van der Waals surface area contributed by atoms with Gasteiger partial charge < -0.3 is 14.7 Å². The monoisotopic (exact) mass is 333 g/mol. The summed E-state index contributed by atoms with van der Waals surface area (Å²) in [6.45, 7) is 1.87. The molecule has 23 heavy (non-hydrogen) atoms.